The average molecular weight is 376 g/mol. The Balaban J connectivity index is 1.89. The molecule has 2 aromatic rings. The number of hydrogen-bond acceptors (Lipinski definition) is 5. The SMILES string of the molecule is CNS(=O)(=O)c1cc(C(=O)N[C@@H]2CCOc3ccccc32)ccc1OC. The summed E-state index contributed by atoms with van der Waals surface area (Å²) < 4.78 is 37.3. The Morgan fingerprint density at radius 3 is 2.73 bits per heavy atom. The molecule has 0 aliphatic carbocycles. The van der Waals surface area contributed by atoms with Gasteiger partial charge in [-0.2, -0.15) is 0 Å². The van der Waals surface area contributed by atoms with Crippen molar-refractivity contribution in [2.45, 2.75) is 17.4 Å². The molecule has 1 aliphatic rings. The van der Waals surface area contributed by atoms with Crippen molar-refractivity contribution in [2.75, 3.05) is 20.8 Å². The second-order valence-electron chi connectivity index (χ2n) is 5.77. The summed E-state index contributed by atoms with van der Waals surface area (Å²) in [6.45, 7) is 0.504. The van der Waals surface area contributed by atoms with Crippen LogP contribution in [0.4, 0.5) is 0 Å². The Hall–Kier alpha value is -2.58. The van der Waals surface area contributed by atoms with Gasteiger partial charge in [-0.15, -0.1) is 0 Å². The van der Waals surface area contributed by atoms with Gasteiger partial charge in [0, 0.05) is 17.5 Å². The second-order valence-corrected chi connectivity index (χ2v) is 7.63. The molecule has 1 aliphatic heterocycles. The molecule has 0 aromatic heterocycles. The van der Waals surface area contributed by atoms with Crippen molar-refractivity contribution >= 4 is 15.9 Å². The minimum Gasteiger partial charge on any atom is -0.495 e. The minimum atomic E-state index is -3.75. The van der Waals surface area contributed by atoms with Crippen LogP contribution in [0.2, 0.25) is 0 Å². The van der Waals surface area contributed by atoms with E-state index in [0.717, 1.165) is 11.3 Å². The van der Waals surface area contributed by atoms with E-state index in [-0.39, 0.29) is 28.2 Å². The first-order valence-corrected chi connectivity index (χ1v) is 9.59. The minimum absolute atomic E-state index is 0.0810. The fourth-order valence-electron chi connectivity index (χ4n) is 2.87. The summed E-state index contributed by atoms with van der Waals surface area (Å²) in [5, 5.41) is 2.95. The topological polar surface area (TPSA) is 93.7 Å². The highest BCUT2D eigenvalue weighted by molar-refractivity contribution is 7.89. The van der Waals surface area contributed by atoms with Crippen molar-refractivity contribution in [3.8, 4) is 11.5 Å². The van der Waals surface area contributed by atoms with E-state index in [1.54, 1.807) is 0 Å². The molecule has 3 rings (SSSR count). The average Bonchev–Trinajstić information content (AvgIpc) is 2.67. The van der Waals surface area contributed by atoms with E-state index in [1.807, 2.05) is 24.3 Å². The van der Waals surface area contributed by atoms with Gasteiger partial charge in [0.05, 0.1) is 19.8 Å². The van der Waals surface area contributed by atoms with Gasteiger partial charge in [-0.25, -0.2) is 13.1 Å². The number of carbonyl (C=O) groups is 1. The van der Waals surface area contributed by atoms with E-state index >= 15 is 0 Å². The van der Waals surface area contributed by atoms with Crippen molar-refractivity contribution in [2.24, 2.45) is 0 Å². The van der Waals surface area contributed by atoms with Crippen molar-refractivity contribution in [3.05, 3.63) is 53.6 Å². The zero-order chi connectivity index (χ0) is 18.7. The highest BCUT2D eigenvalue weighted by atomic mass is 32.2. The third-order valence-electron chi connectivity index (χ3n) is 4.25. The first-order valence-electron chi connectivity index (χ1n) is 8.10. The number of ether oxygens (including phenoxy) is 2. The number of hydrogen-bond donors (Lipinski definition) is 2. The van der Waals surface area contributed by atoms with Crippen LogP contribution in [0, 0.1) is 0 Å². The lowest BCUT2D eigenvalue weighted by molar-refractivity contribution is 0.0924. The summed E-state index contributed by atoms with van der Waals surface area (Å²) in [4.78, 5) is 12.6. The van der Waals surface area contributed by atoms with Crippen LogP contribution < -0.4 is 19.5 Å². The molecular formula is C18H20N2O5S. The van der Waals surface area contributed by atoms with E-state index in [2.05, 4.69) is 10.0 Å². The smallest absolute Gasteiger partial charge is 0.251 e. The van der Waals surface area contributed by atoms with Crippen molar-refractivity contribution in [1.82, 2.24) is 10.0 Å². The lowest BCUT2D eigenvalue weighted by atomic mass is 10.00. The van der Waals surface area contributed by atoms with Gasteiger partial charge in [0.1, 0.15) is 16.4 Å². The van der Waals surface area contributed by atoms with Crippen LogP contribution in [0.15, 0.2) is 47.4 Å². The predicted octanol–water partition coefficient (Wildman–Crippen LogP) is 1.86. The van der Waals surface area contributed by atoms with Crippen molar-refractivity contribution in [3.63, 3.8) is 0 Å². The molecule has 0 saturated heterocycles. The van der Waals surface area contributed by atoms with E-state index in [4.69, 9.17) is 9.47 Å². The molecule has 0 fully saturated rings. The quantitative estimate of drug-likeness (QED) is 0.831. The van der Waals surface area contributed by atoms with Crippen LogP contribution in [-0.4, -0.2) is 35.1 Å². The summed E-state index contributed by atoms with van der Waals surface area (Å²) in [6, 6.07) is 11.7. The number of amides is 1. The summed E-state index contributed by atoms with van der Waals surface area (Å²) in [5.74, 6) is 0.562. The molecule has 2 aromatic carbocycles. The van der Waals surface area contributed by atoms with E-state index in [9.17, 15) is 13.2 Å². The highest BCUT2D eigenvalue weighted by Crippen LogP contribution is 2.32. The zero-order valence-electron chi connectivity index (χ0n) is 14.5. The number of methoxy groups -OCH3 is 1. The maximum atomic E-state index is 12.7. The Bertz CT molecular complexity index is 927. The van der Waals surface area contributed by atoms with Gasteiger partial charge < -0.3 is 14.8 Å². The molecule has 1 amide bonds. The normalized spacial score (nSPS) is 16.3. The lowest BCUT2D eigenvalue weighted by Gasteiger charge is -2.26. The number of fused-ring (bicyclic) bond motifs is 1. The van der Waals surface area contributed by atoms with Gasteiger partial charge in [0.2, 0.25) is 10.0 Å². The molecule has 0 unspecified atom stereocenters. The Labute approximate surface area is 152 Å². The maximum absolute atomic E-state index is 12.7. The third kappa shape index (κ3) is 3.51. The lowest BCUT2D eigenvalue weighted by Crippen LogP contribution is -2.32. The molecule has 0 saturated carbocycles. The standard InChI is InChI=1S/C18H20N2O5S/c1-19-26(22,23)17-11-12(7-8-16(17)24-2)18(21)20-14-9-10-25-15-6-4-3-5-13(14)15/h3-8,11,14,19H,9-10H2,1-2H3,(H,20,21)/t14-/m1/s1. The number of nitrogens with one attached hydrogen (secondary N) is 2. The van der Waals surface area contributed by atoms with E-state index in [0.29, 0.717) is 13.0 Å². The van der Waals surface area contributed by atoms with E-state index < -0.39 is 10.0 Å². The molecule has 7 nitrogen and oxygen atoms in total. The van der Waals surface area contributed by atoms with Crippen LogP contribution in [0.1, 0.15) is 28.4 Å². The number of benzene rings is 2. The fourth-order valence-corrected chi connectivity index (χ4v) is 3.79. The summed E-state index contributed by atoms with van der Waals surface area (Å²) in [6.07, 6.45) is 0.639. The zero-order valence-corrected chi connectivity index (χ0v) is 15.3. The molecule has 0 bridgehead atoms. The summed E-state index contributed by atoms with van der Waals surface area (Å²) in [5.41, 5.74) is 1.15. The van der Waals surface area contributed by atoms with Crippen LogP contribution in [0.3, 0.4) is 0 Å². The van der Waals surface area contributed by atoms with Crippen LogP contribution in [-0.2, 0) is 10.0 Å². The maximum Gasteiger partial charge on any atom is 0.251 e. The molecular weight excluding hydrogens is 356 g/mol. The molecule has 0 radical (unpaired) electrons. The van der Waals surface area contributed by atoms with Crippen molar-refractivity contribution in [1.29, 1.82) is 0 Å². The van der Waals surface area contributed by atoms with E-state index in [1.165, 1.54) is 32.4 Å². The van der Waals surface area contributed by atoms with Gasteiger partial charge in [0.25, 0.3) is 5.91 Å². The highest BCUT2D eigenvalue weighted by Gasteiger charge is 2.25. The second kappa shape index (κ2) is 7.35. The number of rotatable bonds is 5. The third-order valence-corrected chi connectivity index (χ3v) is 5.68. The Kier molecular flexibility index (Phi) is 5.15. The molecule has 1 atom stereocenters. The first-order chi connectivity index (χ1) is 12.5. The monoisotopic (exact) mass is 376 g/mol. The molecule has 8 heteroatoms. The molecule has 2 N–H and O–H groups in total. The van der Waals surface area contributed by atoms with Gasteiger partial charge >= 0.3 is 0 Å². The van der Waals surface area contributed by atoms with Gasteiger partial charge in [-0.1, -0.05) is 18.2 Å². The number of carbonyl (C=O) groups excluding carboxylic acids is 1. The number of para-hydroxylation sites is 1. The summed E-state index contributed by atoms with van der Waals surface area (Å²) >= 11 is 0. The molecule has 0 spiro atoms. The summed E-state index contributed by atoms with van der Waals surface area (Å²) in [7, 11) is -1.07. The molecule has 138 valence electrons. The van der Waals surface area contributed by atoms with Crippen LogP contribution in [0.5, 0.6) is 11.5 Å². The Morgan fingerprint density at radius 2 is 2.00 bits per heavy atom. The van der Waals surface area contributed by atoms with Gasteiger partial charge in [0.15, 0.2) is 0 Å². The number of sulfonamides is 1. The molecule has 1 heterocycles. The van der Waals surface area contributed by atoms with Crippen molar-refractivity contribution < 1.29 is 22.7 Å². The first kappa shape index (κ1) is 18.2. The fraction of sp³-hybridized carbons (Fsp3) is 0.278. The van der Waals surface area contributed by atoms with Gasteiger partial charge in [-0.3, -0.25) is 4.79 Å². The Morgan fingerprint density at radius 1 is 1.23 bits per heavy atom. The predicted molar refractivity (Wildman–Crippen MR) is 96.0 cm³/mol. The largest absolute Gasteiger partial charge is 0.495 e. The molecule has 26 heavy (non-hydrogen) atoms. The van der Waals surface area contributed by atoms with Gasteiger partial charge in [-0.05, 0) is 31.3 Å². The van der Waals surface area contributed by atoms with Crippen LogP contribution in [0.25, 0.3) is 0 Å². The van der Waals surface area contributed by atoms with Crippen LogP contribution >= 0.6 is 0 Å².